The van der Waals surface area contributed by atoms with Crippen LogP contribution in [0.3, 0.4) is 0 Å². The predicted octanol–water partition coefficient (Wildman–Crippen LogP) is 2.63. The summed E-state index contributed by atoms with van der Waals surface area (Å²) in [6, 6.07) is 3.85. The van der Waals surface area contributed by atoms with Gasteiger partial charge in [0.15, 0.2) is 5.12 Å². The number of carbonyl (C=O) groups is 1. The van der Waals surface area contributed by atoms with E-state index >= 15 is 0 Å². The number of hydrogen-bond acceptors (Lipinski definition) is 3. The maximum atomic E-state index is 11.1. The summed E-state index contributed by atoms with van der Waals surface area (Å²) >= 11 is 4.67. The lowest BCUT2D eigenvalue weighted by molar-refractivity contribution is -0.110. The molecule has 0 saturated heterocycles. The van der Waals surface area contributed by atoms with Crippen LogP contribution in [0.15, 0.2) is 21.5 Å². The van der Waals surface area contributed by atoms with Gasteiger partial charge in [0, 0.05) is 11.3 Å². The van der Waals surface area contributed by atoms with Gasteiger partial charge in [-0.05, 0) is 33.6 Å². The molecule has 0 aromatic heterocycles. The van der Waals surface area contributed by atoms with Crippen molar-refractivity contribution in [3.63, 3.8) is 0 Å². The number of ether oxygens (including phenoxy) is 1. The van der Waals surface area contributed by atoms with Gasteiger partial charge in [-0.15, -0.1) is 0 Å². The van der Waals surface area contributed by atoms with Gasteiger partial charge in [-0.25, -0.2) is 0 Å². The van der Waals surface area contributed by atoms with Crippen molar-refractivity contribution in [2.75, 3.05) is 7.11 Å². The predicted molar refractivity (Wildman–Crippen MR) is 55.3 cm³/mol. The second kappa shape index (κ2) is 3.35. The lowest BCUT2D eigenvalue weighted by Gasteiger charge is -2.04. The van der Waals surface area contributed by atoms with E-state index in [4.69, 9.17) is 4.74 Å². The molecule has 68 valence electrons. The smallest absolute Gasteiger partial charge is 0.198 e. The molecular formula is C9H7BrO2S. The van der Waals surface area contributed by atoms with E-state index in [1.54, 1.807) is 7.11 Å². The second-order valence-corrected chi connectivity index (χ2v) is 4.70. The molecule has 4 heteroatoms. The first-order valence-corrected chi connectivity index (χ1v) is 5.39. The van der Waals surface area contributed by atoms with Gasteiger partial charge in [-0.2, -0.15) is 0 Å². The first kappa shape index (κ1) is 9.09. The SMILES string of the molecule is COc1cc2c(cc1Br)CC(=O)S2. The third-order valence-corrected chi connectivity index (χ3v) is 3.49. The number of halogens is 1. The molecule has 0 aliphatic carbocycles. The van der Waals surface area contributed by atoms with Gasteiger partial charge in [-0.1, -0.05) is 11.8 Å². The van der Waals surface area contributed by atoms with Gasteiger partial charge in [0.1, 0.15) is 5.75 Å². The number of thioether (sulfide) groups is 1. The molecule has 0 atom stereocenters. The maximum absolute atomic E-state index is 11.1. The van der Waals surface area contributed by atoms with Gasteiger partial charge in [0.25, 0.3) is 0 Å². The van der Waals surface area contributed by atoms with Crippen LogP contribution in [0.4, 0.5) is 0 Å². The quantitative estimate of drug-likeness (QED) is 0.775. The molecule has 0 N–H and O–H groups in total. The zero-order valence-corrected chi connectivity index (χ0v) is 9.37. The number of hydrogen-bond donors (Lipinski definition) is 0. The van der Waals surface area contributed by atoms with Crippen molar-refractivity contribution in [3.8, 4) is 5.75 Å². The Balaban J connectivity index is 2.50. The fourth-order valence-electron chi connectivity index (χ4n) is 1.28. The number of rotatable bonds is 1. The topological polar surface area (TPSA) is 26.3 Å². The first-order valence-electron chi connectivity index (χ1n) is 3.78. The van der Waals surface area contributed by atoms with Crippen LogP contribution in [-0.2, 0) is 11.2 Å². The van der Waals surface area contributed by atoms with Crippen molar-refractivity contribution in [1.29, 1.82) is 0 Å². The molecule has 0 spiro atoms. The fourth-order valence-corrected chi connectivity index (χ4v) is 2.73. The van der Waals surface area contributed by atoms with Crippen LogP contribution in [0.25, 0.3) is 0 Å². The van der Waals surface area contributed by atoms with Crippen molar-refractivity contribution >= 4 is 32.8 Å². The molecular weight excluding hydrogens is 252 g/mol. The minimum absolute atomic E-state index is 0.204. The third-order valence-electron chi connectivity index (χ3n) is 1.89. The number of methoxy groups -OCH3 is 1. The van der Waals surface area contributed by atoms with Crippen molar-refractivity contribution in [3.05, 3.63) is 22.2 Å². The molecule has 1 aliphatic heterocycles. The van der Waals surface area contributed by atoms with E-state index in [1.807, 2.05) is 12.1 Å². The van der Waals surface area contributed by atoms with E-state index in [1.165, 1.54) is 11.8 Å². The Bertz CT molecular complexity index is 376. The van der Waals surface area contributed by atoms with Gasteiger partial charge < -0.3 is 4.74 Å². The lowest BCUT2D eigenvalue weighted by atomic mass is 10.2. The molecule has 2 nitrogen and oxygen atoms in total. The Morgan fingerprint density at radius 2 is 2.31 bits per heavy atom. The first-order chi connectivity index (χ1) is 6.20. The van der Waals surface area contributed by atoms with Crippen LogP contribution in [0.2, 0.25) is 0 Å². The van der Waals surface area contributed by atoms with Crippen LogP contribution in [0.5, 0.6) is 5.75 Å². The molecule has 1 aromatic carbocycles. The minimum Gasteiger partial charge on any atom is -0.496 e. The molecule has 0 unspecified atom stereocenters. The van der Waals surface area contributed by atoms with Crippen LogP contribution >= 0.6 is 27.7 Å². The summed E-state index contributed by atoms with van der Waals surface area (Å²) in [5, 5.41) is 0.204. The summed E-state index contributed by atoms with van der Waals surface area (Å²) in [5.41, 5.74) is 1.09. The Morgan fingerprint density at radius 1 is 1.54 bits per heavy atom. The van der Waals surface area contributed by atoms with E-state index in [0.717, 1.165) is 20.7 Å². The molecule has 0 bridgehead atoms. The minimum atomic E-state index is 0.204. The summed E-state index contributed by atoms with van der Waals surface area (Å²) in [6.45, 7) is 0. The van der Waals surface area contributed by atoms with Crippen molar-refractivity contribution in [2.45, 2.75) is 11.3 Å². The summed E-state index contributed by atoms with van der Waals surface area (Å²) < 4.78 is 6.04. The van der Waals surface area contributed by atoms with E-state index in [2.05, 4.69) is 15.9 Å². The highest BCUT2D eigenvalue weighted by atomic mass is 79.9. The van der Waals surface area contributed by atoms with Crippen LogP contribution in [0, 0.1) is 0 Å². The van der Waals surface area contributed by atoms with Crippen LogP contribution in [0.1, 0.15) is 5.56 Å². The second-order valence-electron chi connectivity index (χ2n) is 2.75. The van der Waals surface area contributed by atoms with E-state index < -0.39 is 0 Å². The summed E-state index contributed by atoms with van der Waals surface area (Å²) in [7, 11) is 1.62. The van der Waals surface area contributed by atoms with Crippen molar-refractivity contribution in [1.82, 2.24) is 0 Å². The average Bonchev–Trinajstić information content (AvgIpc) is 2.42. The molecule has 1 aromatic rings. The Hall–Kier alpha value is -0.480. The highest BCUT2D eigenvalue weighted by Gasteiger charge is 2.21. The number of carbonyl (C=O) groups excluding carboxylic acids is 1. The van der Waals surface area contributed by atoms with Gasteiger partial charge >= 0.3 is 0 Å². The monoisotopic (exact) mass is 258 g/mol. The Labute approximate surface area is 88.8 Å². The van der Waals surface area contributed by atoms with Crippen LogP contribution in [-0.4, -0.2) is 12.2 Å². The molecule has 1 aliphatic rings. The van der Waals surface area contributed by atoms with Gasteiger partial charge in [-0.3, -0.25) is 4.79 Å². The van der Waals surface area contributed by atoms with E-state index in [-0.39, 0.29) is 5.12 Å². The lowest BCUT2D eigenvalue weighted by Crippen LogP contribution is -1.88. The fraction of sp³-hybridized carbons (Fsp3) is 0.222. The van der Waals surface area contributed by atoms with Crippen molar-refractivity contribution < 1.29 is 9.53 Å². The summed E-state index contributed by atoms with van der Waals surface area (Å²) in [4.78, 5) is 12.1. The number of benzene rings is 1. The molecule has 0 saturated carbocycles. The number of fused-ring (bicyclic) bond motifs is 1. The van der Waals surface area contributed by atoms with Gasteiger partial charge in [0.05, 0.1) is 11.6 Å². The Kier molecular flexibility index (Phi) is 2.34. The summed E-state index contributed by atoms with van der Waals surface area (Å²) in [5.74, 6) is 0.779. The zero-order chi connectivity index (χ0) is 9.42. The zero-order valence-electron chi connectivity index (χ0n) is 6.96. The molecule has 0 fully saturated rings. The third kappa shape index (κ3) is 1.60. The van der Waals surface area contributed by atoms with Gasteiger partial charge in [0.2, 0.25) is 0 Å². The molecule has 1 heterocycles. The largest absolute Gasteiger partial charge is 0.496 e. The molecule has 0 radical (unpaired) electrons. The maximum Gasteiger partial charge on any atom is 0.198 e. The van der Waals surface area contributed by atoms with Crippen LogP contribution < -0.4 is 4.74 Å². The normalized spacial score (nSPS) is 14.5. The van der Waals surface area contributed by atoms with E-state index in [0.29, 0.717) is 6.42 Å². The average molecular weight is 259 g/mol. The molecule has 2 rings (SSSR count). The standard InChI is InChI=1S/C9H7BrO2S/c1-12-7-4-8-5(2-6(7)10)3-9(11)13-8/h2,4H,3H2,1H3. The summed E-state index contributed by atoms with van der Waals surface area (Å²) in [6.07, 6.45) is 0.530. The highest BCUT2D eigenvalue weighted by Crippen LogP contribution is 2.38. The molecule has 13 heavy (non-hydrogen) atoms. The van der Waals surface area contributed by atoms with E-state index in [9.17, 15) is 4.79 Å². The Morgan fingerprint density at radius 3 is 3.00 bits per heavy atom. The molecule has 0 amide bonds. The highest BCUT2D eigenvalue weighted by molar-refractivity contribution is 9.10. The van der Waals surface area contributed by atoms with Crippen molar-refractivity contribution in [2.24, 2.45) is 0 Å².